The number of ketones is 1. The normalized spacial score (nSPS) is 27.2. The summed E-state index contributed by atoms with van der Waals surface area (Å²) in [7, 11) is 3.79. The van der Waals surface area contributed by atoms with E-state index in [0.29, 0.717) is 5.56 Å². The summed E-state index contributed by atoms with van der Waals surface area (Å²) in [4.78, 5) is 40.1. The summed E-state index contributed by atoms with van der Waals surface area (Å²) in [5.74, 6) is -4.85. The highest BCUT2D eigenvalue weighted by Crippen LogP contribution is 2.46. The maximum Gasteiger partial charge on any atom is 0.317 e. The third kappa shape index (κ3) is 4.35. The number of hydrogen-bond acceptors (Lipinski definition) is 7. The van der Waals surface area contributed by atoms with Gasteiger partial charge in [-0.25, -0.2) is 0 Å². The number of nitrogens with zero attached hydrogens (tertiary/aromatic N) is 1. The molecule has 7 heteroatoms. The number of benzene rings is 1. The highest BCUT2D eigenvalue weighted by atomic mass is 16.5. The lowest BCUT2D eigenvalue weighted by molar-refractivity contribution is -0.172. The van der Waals surface area contributed by atoms with E-state index in [9.17, 15) is 19.5 Å². The van der Waals surface area contributed by atoms with Crippen LogP contribution in [-0.4, -0.2) is 55.7 Å². The summed E-state index contributed by atoms with van der Waals surface area (Å²) in [5.41, 5.74) is -0.0925. The molecule has 0 heterocycles. The SMILES string of the molecule is CCOC(=O)[C@H]1C(=O)C[C@](C)(O)[C@@H](C(=O)OCC)[C@H]1c1ccc(N(C)C)cc1. The lowest BCUT2D eigenvalue weighted by atomic mass is 9.61. The van der Waals surface area contributed by atoms with Crippen molar-refractivity contribution in [3.8, 4) is 0 Å². The van der Waals surface area contributed by atoms with E-state index < -0.39 is 41.1 Å². The summed E-state index contributed by atoms with van der Waals surface area (Å²) in [5, 5.41) is 10.9. The van der Waals surface area contributed by atoms with Crippen LogP contribution >= 0.6 is 0 Å². The van der Waals surface area contributed by atoms with Gasteiger partial charge in [0.05, 0.1) is 24.7 Å². The minimum atomic E-state index is -1.63. The average molecular weight is 391 g/mol. The van der Waals surface area contributed by atoms with Gasteiger partial charge in [0, 0.05) is 32.1 Å². The van der Waals surface area contributed by atoms with Crippen LogP contribution in [0.3, 0.4) is 0 Å². The number of carbonyl (C=O) groups is 3. The Bertz CT molecular complexity index is 725. The average Bonchev–Trinajstić information content (AvgIpc) is 2.60. The lowest BCUT2D eigenvalue weighted by Gasteiger charge is -2.43. The zero-order valence-electron chi connectivity index (χ0n) is 17.1. The molecule has 1 aliphatic carbocycles. The molecule has 0 amide bonds. The van der Waals surface area contributed by atoms with E-state index in [2.05, 4.69) is 0 Å². The van der Waals surface area contributed by atoms with Gasteiger partial charge in [-0.3, -0.25) is 14.4 Å². The van der Waals surface area contributed by atoms with Gasteiger partial charge < -0.3 is 19.5 Å². The molecule has 4 atom stereocenters. The standard InChI is InChI=1S/C21H29NO6/c1-6-27-19(24)17-15(23)12-21(3,26)18(20(25)28-7-2)16(17)13-8-10-14(11-9-13)22(4)5/h8-11,16-18,26H,6-7,12H2,1-5H3/t16-,17-,18+,21-/m0/s1. The van der Waals surface area contributed by atoms with Gasteiger partial charge in [-0.05, 0) is 38.5 Å². The van der Waals surface area contributed by atoms with Crippen molar-refractivity contribution < 1.29 is 29.0 Å². The first-order chi connectivity index (χ1) is 13.1. The molecule has 0 saturated heterocycles. The first kappa shape index (κ1) is 21.9. The Labute approximate surface area is 165 Å². The van der Waals surface area contributed by atoms with Crippen LogP contribution in [0.1, 0.15) is 38.7 Å². The van der Waals surface area contributed by atoms with Crippen molar-refractivity contribution in [1.29, 1.82) is 0 Å². The molecule has 0 unspecified atom stereocenters. The first-order valence-electron chi connectivity index (χ1n) is 9.49. The smallest absolute Gasteiger partial charge is 0.317 e. The first-order valence-corrected chi connectivity index (χ1v) is 9.49. The lowest BCUT2D eigenvalue weighted by Crippen LogP contribution is -2.55. The monoisotopic (exact) mass is 391 g/mol. The Morgan fingerprint density at radius 1 is 1.11 bits per heavy atom. The molecule has 0 aliphatic heterocycles. The van der Waals surface area contributed by atoms with Crippen LogP contribution < -0.4 is 4.90 Å². The fraction of sp³-hybridized carbons (Fsp3) is 0.571. The van der Waals surface area contributed by atoms with Crippen molar-refractivity contribution >= 4 is 23.4 Å². The van der Waals surface area contributed by atoms with Crippen LogP contribution in [0.25, 0.3) is 0 Å². The van der Waals surface area contributed by atoms with Gasteiger partial charge in [-0.15, -0.1) is 0 Å². The number of aliphatic hydroxyl groups is 1. The van der Waals surface area contributed by atoms with E-state index in [-0.39, 0.29) is 19.6 Å². The molecule has 154 valence electrons. The Hall–Kier alpha value is -2.41. The molecular weight excluding hydrogens is 362 g/mol. The van der Waals surface area contributed by atoms with Crippen molar-refractivity contribution in [1.82, 2.24) is 0 Å². The molecule has 1 aromatic rings. The maximum atomic E-state index is 12.8. The van der Waals surface area contributed by atoms with Crippen molar-refractivity contribution in [3.63, 3.8) is 0 Å². The number of anilines is 1. The Balaban J connectivity index is 2.59. The molecule has 1 aromatic carbocycles. The van der Waals surface area contributed by atoms with Crippen LogP contribution in [0.2, 0.25) is 0 Å². The molecule has 7 nitrogen and oxygen atoms in total. The molecular formula is C21H29NO6. The number of rotatable bonds is 6. The fourth-order valence-corrected chi connectivity index (χ4v) is 3.87. The van der Waals surface area contributed by atoms with Crippen molar-refractivity contribution in [3.05, 3.63) is 29.8 Å². The maximum absolute atomic E-state index is 12.8. The predicted molar refractivity (Wildman–Crippen MR) is 104 cm³/mol. The van der Waals surface area contributed by atoms with Crippen LogP contribution in [0.5, 0.6) is 0 Å². The van der Waals surface area contributed by atoms with Gasteiger partial charge in [-0.2, -0.15) is 0 Å². The highest BCUT2D eigenvalue weighted by molar-refractivity contribution is 6.02. The van der Waals surface area contributed by atoms with Crippen LogP contribution in [0.15, 0.2) is 24.3 Å². The molecule has 0 bridgehead atoms. The molecule has 28 heavy (non-hydrogen) atoms. The van der Waals surface area contributed by atoms with Crippen molar-refractivity contribution in [2.75, 3.05) is 32.2 Å². The van der Waals surface area contributed by atoms with E-state index in [4.69, 9.17) is 9.47 Å². The minimum Gasteiger partial charge on any atom is -0.466 e. The number of ether oxygens (including phenoxy) is 2. The Kier molecular flexibility index (Phi) is 6.82. The van der Waals surface area contributed by atoms with E-state index in [1.807, 2.05) is 31.1 Å². The van der Waals surface area contributed by atoms with Crippen LogP contribution in [0.4, 0.5) is 5.69 Å². The Morgan fingerprint density at radius 2 is 1.64 bits per heavy atom. The molecule has 1 N–H and O–H groups in total. The highest BCUT2D eigenvalue weighted by Gasteiger charge is 2.57. The molecule has 1 aliphatic rings. The molecule has 1 fully saturated rings. The van der Waals surface area contributed by atoms with Crippen molar-refractivity contribution in [2.24, 2.45) is 11.8 Å². The largest absolute Gasteiger partial charge is 0.466 e. The number of esters is 2. The summed E-state index contributed by atoms with van der Waals surface area (Å²) >= 11 is 0. The van der Waals surface area contributed by atoms with Gasteiger partial charge in [0.1, 0.15) is 5.92 Å². The topological polar surface area (TPSA) is 93.1 Å². The van der Waals surface area contributed by atoms with Crippen LogP contribution in [0, 0.1) is 11.8 Å². The zero-order chi connectivity index (χ0) is 21.1. The molecule has 0 radical (unpaired) electrons. The zero-order valence-corrected chi connectivity index (χ0v) is 17.1. The summed E-state index contributed by atoms with van der Waals surface area (Å²) in [6.07, 6.45) is -0.313. The van der Waals surface area contributed by atoms with Gasteiger partial charge in [0.25, 0.3) is 0 Å². The Morgan fingerprint density at radius 3 is 2.14 bits per heavy atom. The predicted octanol–water partition coefficient (Wildman–Crippen LogP) is 1.92. The van der Waals surface area contributed by atoms with Crippen LogP contribution in [-0.2, 0) is 23.9 Å². The molecule has 0 aromatic heterocycles. The minimum absolute atomic E-state index is 0.120. The van der Waals surface area contributed by atoms with Gasteiger partial charge in [0.2, 0.25) is 0 Å². The third-order valence-electron chi connectivity index (χ3n) is 5.14. The number of Topliss-reactive ketones (excluding diaryl/α,β-unsaturated/α-hetero) is 1. The second-order valence-electron chi connectivity index (χ2n) is 7.47. The number of hydrogen-bond donors (Lipinski definition) is 1. The summed E-state index contributed by atoms with van der Waals surface area (Å²) in [6.45, 7) is 5.02. The number of carbonyl (C=O) groups excluding carboxylic acids is 3. The van der Waals surface area contributed by atoms with Gasteiger partial charge in [0.15, 0.2) is 5.78 Å². The van der Waals surface area contributed by atoms with Gasteiger partial charge >= 0.3 is 11.9 Å². The molecule has 0 spiro atoms. The molecule has 2 rings (SSSR count). The van der Waals surface area contributed by atoms with E-state index in [1.165, 1.54) is 6.92 Å². The molecule has 1 saturated carbocycles. The fourth-order valence-electron chi connectivity index (χ4n) is 3.87. The van der Waals surface area contributed by atoms with Crippen molar-refractivity contribution in [2.45, 2.75) is 38.7 Å². The van der Waals surface area contributed by atoms with E-state index in [1.54, 1.807) is 26.0 Å². The van der Waals surface area contributed by atoms with E-state index >= 15 is 0 Å². The summed E-state index contributed by atoms with van der Waals surface area (Å²) in [6, 6.07) is 7.22. The van der Waals surface area contributed by atoms with Gasteiger partial charge in [-0.1, -0.05) is 12.1 Å². The summed E-state index contributed by atoms with van der Waals surface area (Å²) < 4.78 is 10.3. The quantitative estimate of drug-likeness (QED) is 0.585. The second kappa shape index (κ2) is 8.73. The van der Waals surface area contributed by atoms with E-state index in [0.717, 1.165) is 5.69 Å². The second-order valence-corrected chi connectivity index (χ2v) is 7.47. The third-order valence-corrected chi connectivity index (χ3v) is 5.14.